The van der Waals surface area contributed by atoms with Gasteiger partial charge in [0, 0.05) is 76.9 Å². The van der Waals surface area contributed by atoms with Crippen molar-refractivity contribution in [1.82, 2.24) is 28.2 Å². The average Bonchev–Trinajstić information content (AvgIpc) is 1.57. The van der Waals surface area contributed by atoms with E-state index in [-0.39, 0.29) is 10.8 Å². The van der Waals surface area contributed by atoms with Gasteiger partial charge in [-0.3, -0.25) is 9.13 Å². The monoisotopic (exact) mass is 1280 g/mol. The zero-order valence-corrected chi connectivity index (χ0v) is 55.7. The van der Waals surface area contributed by atoms with Crippen LogP contribution in [0.25, 0.3) is 177 Å². The summed E-state index contributed by atoms with van der Waals surface area (Å²) in [6, 6.07) is 117. The van der Waals surface area contributed by atoms with Gasteiger partial charge < -0.3 is 9.13 Å². The minimum Gasteiger partial charge on any atom is -0.309 e. The molecule has 6 heteroatoms. The van der Waals surface area contributed by atoms with E-state index in [0.717, 1.165) is 88.5 Å². The number of rotatable bonds is 8. The SMILES string of the molecule is CC1(C)c2ccccc2-c2ccc(-n3c4ccccc4c4cc(-c5ccc6c(c5)c5ccccc5n6-c5cc(-c6ccc(-c7ccccc7)cc6)nc(-n6c7ccccc7c7cc(-c8ccc9c(c8)c8ccccc8n9-c8ccc9c(c8)C(C)(C)c8ccccc8-9)ccc76)n5)ccc43)cc21. The molecular weight excluding hydrogens is 1210 g/mol. The maximum Gasteiger partial charge on any atom is 0.237 e. The Morgan fingerprint density at radius 1 is 0.220 bits per heavy atom. The van der Waals surface area contributed by atoms with Crippen molar-refractivity contribution in [3.8, 4) is 90.0 Å². The molecule has 0 bridgehead atoms. The fraction of sp³-hybridized carbons (Fsp3) is 0.0638. The topological polar surface area (TPSA) is 45.5 Å². The quantitative estimate of drug-likeness (QED) is 0.152. The van der Waals surface area contributed by atoms with Crippen molar-refractivity contribution in [3.05, 3.63) is 338 Å². The first-order valence-corrected chi connectivity index (χ1v) is 34.8. The molecule has 2 aliphatic carbocycles. The molecule has 5 aromatic heterocycles. The lowest BCUT2D eigenvalue weighted by atomic mass is 9.82. The second-order valence-electron chi connectivity index (χ2n) is 28.5. The minimum atomic E-state index is -0.109. The van der Waals surface area contributed by atoms with E-state index in [1.807, 2.05) is 0 Å². The summed E-state index contributed by atoms with van der Waals surface area (Å²) in [6.07, 6.45) is 0. The van der Waals surface area contributed by atoms with Crippen LogP contribution in [0.2, 0.25) is 0 Å². The zero-order chi connectivity index (χ0) is 66.3. The van der Waals surface area contributed by atoms with E-state index in [9.17, 15) is 0 Å². The summed E-state index contributed by atoms with van der Waals surface area (Å²) in [6.45, 7) is 9.44. The largest absolute Gasteiger partial charge is 0.309 e. The van der Waals surface area contributed by atoms with Crippen molar-refractivity contribution in [3.63, 3.8) is 0 Å². The van der Waals surface area contributed by atoms with Crippen molar-refractivity contribution < 1.29 is 0 Å². The molecule has 0 unspecified atom stereocenters. The van der Waals surface area contributed by atoms with Crippen LogP contribution < -0.4 is 0 Å². The highest BCUT2D eigenvalue weighted by Crippen LogP contribution is 2.52. The Morgan fingerprint density at radius 2 is 0.550 bits per heavy atom. The molecule has 21 rings (SSSR count). The van der Waals surface area contributed by atoms with Gasteiger partial charge >= 0.3 is 0 Å². The molecule has 14 aromatic carbocycles. The van der Waals surface area contributed by atoms with Crippen LogP contribution in [0.5, 0.6) is 0 Å². The lowest BCUT2D eigenvalue weighted by Crippen LogP contribution is -2.15. The molecule has 0 N–H and O–H groups in total. The lowest BCUT2D eigenvalue weighted by molar-refractivity contribution is 0.660. The predicted octanol–water partition coefficient (Wildman–Crippen LogP) is 24.1. The molecule has 0 atom stereocenters. The first-order valence-electron chi connectivity index (χ1n) is 34.8. The number of hydrogen-bond donors (Lipinski definition) is 0. The van der Waals surface area contributed by atoms with Crippen molar-refractivity contribution in [2.24, 2.45) is 0 Å². The van der Waals surface area contributed by atoms with Crippen molar-refractivity contribution >= 4 is 87.2 Å². The highest BCUT2D eigenvalue weighted by Gasteiger charge is 2.37. The molecule has 0 aliphatic heterocycles. The summed E-state index contributed by atoms with van der Waals surface area (Å²) >= 11 is 0. The van der Waals surface area contributed by atoms with E-state index >= 15 is 0 Å². The Labute approximate surface area is 578 Å². The highest BCUT2D eigenvalue weighted by atomic mass is 15.2. The molecule has 0 amide bonds. The molecule has 0 saturated heterocycles. The van der Waals surface area contributed by atoms with Gasteiger partial charge in [-0.25, -0.2) is 4.98 Å². The van der Waals surface area contributed by atoms with Gasteiger partial charge in [-0.2, -0.15) is 4.98 Å². The van der Waals surface area contributed by atoms with E-state index in [1.54, 1.807) is 0 Å². The first-order chi connectivity index (χ1) is 49.1. The van der Waals surface area contributed by atoms with Gasteiger partial charge in [-0.15, -0.1) is 0 Å². The van der Waals surface area contributed by atoms with Crippen LogP contribution in [0.3, 0.4) is 0 Å². The van der Waals surface area contributed by atoms with Gasteiger partial charge in [-0.1, -0.05) is 240 Å². The summed E-state index contributed by atoms with van der Waals surface area (Å²) in [4.78, 5) is 11.3. The molecule has 6 nitrogen and oxygen atoms in total. The van der Waals surface area contributed by atoms with Gasteiger partial charge in [-0.05, 0) is 175 Å². The van der Waals surface area contributed by atoms with Gasteiger partial charge in [0.15, 0.2) is 0 Å². The average molecular weight is 1280 g/mol. The van der Waals surface area contributed by atoms with Crippen molar-refractivity contribution in [2.45, 2.75) is 38.5 Å². The van der Waals surface area contributed by atoms with E-state index in [2.05, 4.69) is 361 Å². The summed E-state index contributed by atoms with van der Waals surface area (Å²) < 4.78 is 9.53. The smallest absolute Gasteiger partial charge is 0.237 e. The number of hydrogen-bond acceptors (Lipinski definition) is 2. The highest BCUT2D eigenvalue weighted by molar-refractivity contribution is 6.15. The maximum absolute atomic E-state index is 5.74. The summed E-state index contributed by atoms with van der Waals surface area (Å²) in [5.74, 6) is 1.37. The fourth-order valence-electron chi connectivity index (χ4n) is 17.5. The third-order valence-electron chi connectivity index (χ3n) is 22.4. The maximum atomic E-state index is 5.74. The minimum absolute atomic E-state index is 0.108. The zero-order valence-electron chi connectivity index (χ0n) is 55.7. The molecule has 0 fully saturated rings. The third-order valence-corrected chi connectivity index (χ3v) is 22.4. The van der Waals surface area contributed by atoms with Gasteiger partial charge in [0.05, 0.1) is 49.8 Å². The molecule has 0 spiro atoms. The Morgan fingerprint density at radius 3 is 1.01 bits per heavy atom. The van der Waals surface area contributed by atoms with Gasteiger partial charge in [0.1, 0.15) is 5.82 Å². The Kier molecular flexibility index (Phi) is 11.8. The first kappa shape index (κ1) is 56.5. The molecule has 100 heavy (non-hydrogen) atoms. The number of nitrogens with zero attached hydrogens (tertiary/aromatic N) is 6. The van der Waals surface area contributed by atoms with Crippen molar-refractivity contribution in [2.75, 3.05) is 0 Å². The molecule has 0 radical (unpaired) electrons. The molecule has 2 aliphatic rings. The van der Waals surface area contributed by atoms with Crippen LogP contribution in [-0.2, 0) is 10.8 Å². The number of fused-ring (bicyclic) bond motifs is 18. The number of benzene rings is 14. The van der Waals surface area contributed by atoms with Crippen LogP contribution >= 0.6 is 0 Å². The predicted molar refractivity (Wildman–Crippen MR) is 416 cm³/mol. The van der Waals surface area contributed by atoms with E-state index < -0.39 is 0 Å². The third kappa shape index (κ3) is 8.13. The second kappa shape index (κ2) is 20.9. The molecule has 0 saturated carbocycles. The van der Waals surface area contributed by atoms with E-state index in [4.69, 9.17) is 9.97 Å². The van der Waals surface area contributed by atoms with E-state index in [1.165, 1.54) is 105 Å². The summed E-state index contributed by atoms with van der Waals surface area (Å²) in [5, 5.41) is 9.47. The molecule has 19 aromatic rings. The van der Waals surface area contributed by atoms with Crippen molar-refractivity contribution in [1.29, 1.82) is 0 Å². The van der Waals surface area contributed by atoms with Crippen LogP contribution in [0, 0.1) is 0 Å². The Bertz CT molecular complexity index is 6340. The lowest BCUT2D eigenvalue weighted by Gasteiger charge is -2.22. The molecular formula is C94H64N6. The normalized spacial score (nSPS) is 13.6. The number of aromatic nitrogens is 6. The van der Waals surface area contributed by atoms with Crippen LogP contribution in [-0.4, -0.2) is 28.2 Å². The molecule has 5 heterocycles. The Balaban J connectivity index is 0.697. The summed E-state index contributed by atoms with van der Waals surface area (Å²) in [7, 11) is 0. The standard InChI is InChI=1S/C94H64N6/c1-93(2)78-28-14-8-22-66(78)68-44-42-64(54-80(68)93)97-83-30-16-10-24-70(83)74-50-60(38-46-87(74)97)62-40-48-89-76(52-62)72-26-12-18-32-85(72)99(89)91-56-82(59-36-34-58(35-37-59)57-20-6-5-7-21-57)95-92(96-91)100-86-33-19-13-27-73(86)77-53-63(41-49-90(77)100)61-39-47-88-75(51-61)71-25-11-17-31-84(71)98(88)65-43-45-69-67-23-9-15-29-79(67)94(3,4)81(69)55-65/h5-56H,1-4H3. The van der Waals surface area contributed by atoms with Crippen LogP contribution in [0.4, 0.5) is 0 Å². The van der Waals surface area contributed by atoms with Crippen LogP contribution in [0.1, 0.15) is 49.9 Å². The Hall–Kier alpha value is -12.6. The number of para-hydroxylation sites is 4. The molecule has 470 valence electrons. The van der Waals surface area contributed by atoms with Crippen LogP contribution in [0.15, 0.2) is 315 Å². The van der Waals surface area contributed by atoms with Gasteiger partial charge in [0.2, 0.25) is 5.95 Å². The van der Waals surface area contributed by atoms with Gasteiger partial charge in [0.25, 0.3) is 0 Å². The summed E-state index contributed by atoms with van der Waals surface area (Å²) in [5.41, 5.74) is 30.6. The fourth-order valence-corrected chi connectivity index (χ4v) is 17.5. The second-order valence-corrected chi connectivity index (χ2v) is 28.5. The van der Waals surface area contributed by atoms with E-state index in [0.29, 0.717) is 5.95 Å².